The Bertz CT molecular complexity index is 2870. The highest BCUT2D eigenvalue weighted by atomic mass is 15.3. The molecular weight excluding hydrogens is 669 g/mol. The number of rotatable bonds is 7. The topological polar surface area (TPSA) is 43.6 Å². The maximum absolute atomic E-state index is 5.37. The van der Waals surface area contributed by atoms with Crippen LogP contribution in [0.1, 0.15) is 0 Å². The van der Waals surface area contributed by atoms with Gasteiger partial charge in [0, 0.05) is 33.0 Å². The second-order valence-electron chi connectivity index (χ2n) is 13.6. The van der Waals surface area contributed by atoms with Crippen molar-refractivity contribution in [3.63, 3.8) is 0 Å². The normalized spacial score (nSPS) is 11.3. The SMILES string of the molecule is c1ccc(-c2cc(-c3ccccc3)nc(-c3ccc(-c4cccc5c4cc(-c4ccccc4)c4c(-c6ccccc6)nn(-c6ccccc6)c45)cc3)n2)cc1. The van der Waals surface area contributed by atoms with Gasteiger partial charge in [-0.05, 0) is 51.9 Å². The van der Waals surface area contributed by atoms with Gasteiger partial charge in [-0.1, -0.05) is 182 Å². The Morgan fingerprint density at radius 3 is 1.42 bits per heavy atom. The lowest BCUT2D eigenvalue weighted by molar-refractivity contribution is 0.918. The molecule has 0 fully saturated rings. The van der Waals surface area contributed by atoms with E-state index in [2.05, 4.69) is 168 Å². The standard InChI is InChI=1S/C51H34N4/c1-6-17-35(18-7-1)44-33-45-42(27-16-28-43(45)50-48(44)49(39-23-12-4-13-24-39)54-55(50)41-25-14-5-15-26-41)36-29-31-40(32-30-36)51-52-46(37-19-8-2-9-20-37)34-47(53-51)38-21-10-3-11-22-38/h1-34H. The van der Waals surface area contributed by atoms with Crippen LogP contribution in [0.2, 0.25) is 0 Å². The van der Waals surface area contributed by atoms with Crippen LogP contribution >= 0.6 is 0 Å². The Morgan fingerprint density at radius 1 is 0.345 bits per heavy atom. The lowest BCUT2D eigenvalue weighted by atomic mass is 9.90. The molecule has 8 aromatic carbocycles. The zero-order chi connectivity index (χ0) is 36.6. The van der Waals surface area contributed by atoms with Gasteiger partial charge in [-0.15, -0.1) is 0 Å². The molecule has 55 heavy (non-hydrogen) atoms. The molecule has 0 N–H and O–H groups in total. The molecule has 4 heteroatoms. The van der Waals surface area contributed by atoms with Gasteiger partial charge in [-0.2, -0.15) is 5.10 Å². The molecule has 10 rings (SSSR count). The van der Waals surface area contributed by atoms with E-state index in [1.807, 2.05) is 42.5 Å². The average Bonchev–Trinajstić information content (AvgIpc) is 3.69. The third-order valence-corrected chi connectivity index (χ3v) is 10.3. The minimum Gasteiger partial charge on any atom is -0.232 e. The first-order valence-corrected chi connectivity index (χ1v) is 18.5. The highest BCUT2D eigenvalue weighted by molar-refractivity contribution is 6.19. The summed E-state index contributed by atoms with van der Waals surface area (Å²) in [4.78, 5) is 10.2. The quantitative estimate of drug-likeness (QED) is 0.166. The van der Waals surface area contributed by atoms with Crippen LogP contribution in [0.5, 0.6) is 0 Å². The van der Waals surface area contributed by atoms with E-state index >= 15 is 0 Å². The van der Waals surface area contributed by atoms with E-state index in [4.69, 9.17) is 15.1 Å². The van der Waals surface area contributed by atoms with Crippen LogP contribution in [0.4, 0.5) is 0 Å². The van der Waals surface area contributed by atoms with E-state index in [1.165, 1.54) is 0 Å². The molecule has 4 nitrogen and oxygen atoms in total. The van der Waals surface area contributed by atoms with E-state index in [0.717, 1.165) is 89.0 Å². The highest BCUT2D eigenvalue weighted by Gasteiger charge is 2.22. The first-order valence-electron chi connectivity index (χ1n) is 18.5. The molecule has 0 atom stereocenters. The van der Waals surface area contributed by atoms with Gasteiger partial charge in [0.05, 0.1) is 22.6 Å². The van der Waals surface area contributed by atoms with E-state index < -0.39 is 0 Å². The predicted octanol–water partition coefficient (Wildman–Crippen LogP) is 13.0. The van der Waals surface area contributed by atoms with Gasteiger partial charge in [0.2, 0.25) is 0 Å². The summed E-state index contributed by atoms with van der Waals surface area (Å²) in [5.74, 6) is 0.693. The predicted molar refractivity (Wildman–Crippen MR) is 227 cm³/mol. The smallest absolute Gasteiger partial charge is 0.160 e. The van der Waals surface area contributed by atoms with Gasteiger partial charge < -0.3 is 0 Å². The Kier molecular flexibility index (Phi) is 8.12. The van der Waals surface area contributed by atoms with Crippen LogP contribution < -0.4 is 0 Å². The van der Waals surface area contributed by atoms with Gasteiger partial charge in [-0.25, -0.2) is 14.6 Å². The summed E-state index contributed by atoms with van der Waals surface area (Å²) in [7, 11) is 0. The van der Waals surface area contributed by atoms with Crippen LogP contribution in [-0.4, -0.2) is 19.7 Å². The summed E-state index contributed by atoms with van der Waals surface area (Å²) in [6.07, 6.45) is 0. The second kappa shape index (κ2) is 13.8. The zero-order valence-electron chi connectivity index (χ0n) is 29.9. The summed E-state index contributed by atoms with van der Waals surface area (Å²) >= 11 is 0. The second-order valence-corrected chi connectivity index (χ2v) is 13.6. The average molecular weight is 703 g/mol. The maximum atomic E-state index is 5.37. The first-order chi connectivity index (χ1) is 27.3. The lowest BCUT2D eigenvalue weighted by Gasteiger charge is -2.14. The van der Waals surface area contributed by atoms with E-state index in [9.17, 15) is 0 Å². The molecule has 0 aliphatic carbocycles. The van der Waals surface area contributed by atoms with E-state index in [1.54, 1.807) is 0 Å². The van der Waals surface area contributed by atoms with Crippen molar-refractivity contribution in [2.75, 3.05) is 0 Å². The summed E-state index contributed by atoms with van der Waals surface area (Å²) in [6.45, 7) is 0. The molecule has 0 aliphatic heterocycles. The number of benzene rings is 8. The van der Waals surface area contributed by atoms with Crippen molar-refractivity contribution in [2.45, 2.75) is 0 Å². The monoisotopic (exact) mass is 702 g/mol. The van der Waals surface area contributed by atoms with Gasteiger partial charge in [0.1, 0.15) is 5.69 Å². The largest absolute Gasteiger partial charge is 0.232 e. The number of para-hydroxylation sites is 1. The molecule has 2 heterocycles. The highest BCUT2D eigenvalue weighted by Crippen LogP contribution is 2.44. The van der Waals surface area contributed by atoms with Gasteiger partial charge >= 0.3 is 0 Å². The van der Waals surface area contributed by atoms with Crippen LogP contribution in [0, 0.1) is 0 Å². The number of hydrogen-bond donors (Lipinski definition) is 0. The fourth-order valence-corrected chi connectivity index (χ4v) is 7.61. The Labute approximate surface area is 319 Å². The molecule has 0 unspecified atom stereocenters. The fourth-order valence-electron chi connectivity index (χ4n) is 7.61. The molecule has 0 amide bonds. The van der Waals surface area contributed by atoms with E-state index in [-0.39, 0.29) is 0 Å². The molecule has 0 saturated carbocycles. The minimum atomic E-state index is 0.693. The van der Waals surface area contributed by atoms with Gasteiger partial charge in [0.15, 0.2) is 5.82 Å². The Morgan fingerprint density at radius 2 is 0.836 bits per heavy atom. The molecule has 258 valence electrons. The molecular formula is C51H34N4. The summed E-state index contributed by atoms with van der Waals surface area (Å²) in [5, 5.41) is 8.80. The van der Waals surface area contributed by atoms with Crippen molar-refractivity contribution < 1.29 is 0 Å². The number of aromatic nitrogens is 4. The number of nitrogens with zero attached hydrogens (tertiary/aromatic N) is 4. The zero-order valence-corrected chi connectivity index (χ0v) is 29.9. The molecule has 10 aromatic rings. The molecule has 0 bridgehead atoms. The molecule has 0 aliphatic rings. The van der Waals surface area contributed by atoms with Crippen molar-refractivity contribution >= 4 is 21.7 Å². The molecule has 0 spiro atoms. The number of hydrogen-bond acceptors (Lipinski definition) is 3. The maximum Gasteiger partial charge on any atom is 0.160 e. The lowest BCUT2D eigenvalue weighted by Crippen LogP contribution is -1.97. The number of fused-ring (bicyclic) bond motifs is 3. The van der Waals surface area contributed by atoms with Crippen molar-refractivity contribution in [1.82, 2.24) is 19.7 Å². The third-order valence-electron chi connectivity index (χ3n) is 10.3. The molecule has 2 aromatic heterocycles. The van der Waals surface area contributed by atoms with Gasteiger partial charge in [0.25, 0.3) is 0 Å². The molecule has 0 radical (unpaired) electrons. The summed E-state index contributed by atoms with van der Waals surface area (Å²) in [5.41, 5.74) is 13.6. The van der Waals surface area contributed by atoms with Crippen molar-refractivity contribution in [2.24, 2.45) is 0 Å². The van der Waals surface area contributed by atoms with Crippen LogP contribution in [0.3, 0.4) is 0 Å². The van der Waals surface area contributed by atoms with Crippen molar-refractivity contribution in [1.29, 1.82) is 0 Å². The van der Waals surface area contributed by atoms with Gasteiger partial charge in [-0.3, -0.25) is 0 Å². The van der Waals surface area contributed by atoms with Crippen LogP contribution in [-0.2, 0) is 0 Å². The Balaban J connectivity index is 1.17. The third kappa shape index (κ3) is 5.96. The van der Waals surface area contributed by atoms with Crippen molar-refractivity contribution in [3.05, 3.63) is 206 Å². The first kappa shape index (κ1) is 32.2. The van der Waals surface area contributed by atoms with E-state index in [0.29, 0.717) is 5.82 Å². The summed E-state index contributed by atoms with van der Waals surface area (Å²) < 4.78 is 2.13. The summed E-state index contributed by atoms with van der Waals surface area (Å²) in [6, 6.07) is 72.0. The molecule has 0 saturated heterocycles. The van der Waals surface area contributed by atoms with Crippen LogP contribution in [0.15, 0.2) is 206 Å². The van der Waals surface area contributed by atoms with Crippen molar-refractivity contribution in [3.8, 4) is 73.1 Å². The Hall–Kier alpha value is -7.43. The van der Waals surface area contributed by atoms with Crippen LogP contribution in [0.25, 0.3) is 94.8 Å². The minimum absolute atomic E-state index is 0.693. The fraction of sp³-hybridized carbons (Fsp3) is 0.